The van der Waals surface area contributed by atoms with E-state index in [4.69, 9.17) is 0 Å². The number of halogens is 2. The van der Waals surface area contributed by atoms with Gasteiger partial charge in [-0.2, -0.15) is 0 Å². The fraction of sp³-hybridized carbons (Fsp3) is 0.538. The molecule has 0 saturated heterocycles. The lowest BCUT2D eigenvalue weighted by molar-refractivity contribution is 0.271. The maximum Gasteiger partial charge on any atom is 0.240 e. The maximum atomic E-state index is 13.3. The van der Waals surface area contributed by atoms with Crippen molar-refractivity contribution in [2.45, 2.75) is 31.2 Å². The van der Waals surface area contributed by atoms with E-state index in [0.717, 1.165) is 12.6 Å². The van der Waals surface area contributed by atoms with Gasteiger partial charge in [0.2, 0.25) is 10.0 Å². The number of rotatable bonds is 7. The summed E-state index contributed by atoms with van der Waals surface area (Å²) in [7, 11) is -1.66. The number of hydrogen-bond acceptors (Lipinski definition) is 3. The molecule has 0 aliphatic rings. The zero-order valence-corrected chi connectivity index (χ0v) is 14.3. The van der Waals surface area contributed by atoms with Gasteiger partial charge in [-0.25, -0.2) is 17.5 Å². The molecule has 0 radical (unpaired) electrons. The molecule has 0 saturated carbocycles. The average molecular weight is 367 g/mol. The normalized spacial score (nSPS) is 12.3. The van der Waals surface area contributed by atoms with E-state index in [2.05, 4.69) is 39.4 Å². The molecule has 0 amide bonds. The van der Waals surface area contributed by atoms with Crippen LogP contribution in [0.3, 0.4) is 0 Å². The first-order valence-electron chi connectivity index (χ1n) is 6.39. The summed E-state index contributed by atoms with van der Waals surface area (Å²) < 4.78 is 40.0. The molecule has 1 N–H and O–H groups in total. The van der Waals surface area contributed by atoms with Crippen LogP contribution in [0.2, 0.25) is 0 Å². The zero-order chi connectivity index (χ0) is 15.3. The third-order valence-corrected chi connectivity index (χ3v) is 5.16. The Hall–Kier alpha value is -0.500. The largest absolute Gasteiger partial charge is 0.304 e. The van der Waals surface area contributed by atoms with Crippen LogP contribution < -0.4 is 4.72 Å². The van der Waals surface area contributed by atoms with E-state index < -0.39 is 15.8 Å². The van der Waals surface area contributed by atoms with Crippen molar-refractivity contribution >= 4 is 26.0 Å². The van der Waals surface area contributed by atoms with Gasteiger partial charge in [0.05, 0.1) is 9.37 Å². The minimum Gasteiger partial charge on any atom is -0.304 e. The van der Waals surface area contributed by atoms with Gasteiger partial charge in [-0.05, 0) is 68.0 Å². The first kappa shape index (κ1) is 17.6. The monoisotopic (exact) mass is 366 g/mol. The van der Waals surface area contributed by atoms with Gasteiger partial charge >= 0.3 is 0 Å². The Kier molecular flexibility index (Phi) is 6.57. The first-order valence-corrected chi connectivity index (χ1v) is 8.66. The van der Waals surface area contributed by atoms with Crippen LogP contribution in [-0.2, 0) is 10.0 Å². The van der Waals surface area contributed by atoms with Crippen LogP contribution in [0.25, 0.3) is 0 Å². The van der Waals surface area contributed by atoms with Crippen molar-refractivity contribution < 1.29 is 12.8 Å². The van der Waals surface area contributed by atoms with E-state index >= 15 is 0 Å². The third kappa shape index (κ3) is 5.12. The quantitative estimate of drug-likeness (QED) is 0.754. The van der Waals surface area contributed by atoms with Crippen molar-refractivity contribution in [3.8, 4) is 0 Å². The molecule has 1 aromatic rings. The molecule has 1 rings (SSSR count). The first-order chi connectivity index (χ1) is 9.24. The molecule has 0 bridgehead atoms. The summed E-state index contributed by atoms with van der Waals surface area (Å²) >= 11 is 2.99. The second kappa shape index (κ2) is 7.49. The molecular formula is C13H20BrFN2O2S. The predicted molar refractivity (Wildman–Crippen MR) is 81.7 cm³/mol. The summed E-state index contributed by atoms with van der Waals surface area (Å²) in [5, 5.41) is 0. The van der Waals surface area contributed by atoms with Gasteiger partial charge in [0.15, 0.2) is 0 Å². The van der Waals surface area contributed by atoms with Crippen molar-refractivity contribution in [3.05, 3.63) is 28.5 Å². The number of benzene rings is 1. The Bertz CT molecular complexity index is 549. The summed E-state index contributed by atoms with van der Waals surface area (Å²) in [6.07, 6.45) is 0.701. The Morgan fingerprint density at radius 2 is 2.05 bits per heavy atom. The molecule has 0 heterocycles. The highest BCUT2D eigenvalue weighted by atomic mass is 79.9. The van der Waals surface area contributed by atoms with E-state index in [-0.39, 0.29) is 9.37 Å². The second-order valence-electron chi connectivity index (χ2n) is 4.90. The molecule has 0 aromatic heterocycles. The molecule has 0 unspecified atom stereocenters. The van der Waals surface area contributed by atoms with Crippen LogP contribution in [0, 0.1) is 5.82 Å². The standard InChI is InChI=1S/C13H20BrFN2O2S/c1-10(2)17(3)8-4-7-16-20(18,19)11-5-6-12(14)13(15)9-11/h5-6,9-10,16H,4,7-8H2,1-3H3. The van der Waals surface area contributed by atoms with Crippen molar-refractivity contribution in [1.29, 1.82) is 0 Å². The summed E-state index contributed by atoms with van der Waals surface area (Å²) in [5.74, 6) is -0.590. The van der Waals surface area contributed by atoms with Gasteiger partial charge in [0.1, 0.15) is 5.82 Å². The lowest BCUT2D eigenvalue weighted by Gasteiger charge is -2.20. The molecule has 0 atom stereocenters. The van der Waals surface area contributed by atoms with Crippen LogP contribution in [0.5, 0.6) is 0 Å². The van der Waals surface area contributed by atoms with E-state index in [1.165, 1.54) is 12.1 Å². The molecule has 4 nitrogen and oxygen atoms in total. The van der Waals surface area contributed by atoms with Gasteiger partial charge in [0.25, 0.3) is 0 Å². The van der Waals surface area contributed by atoms with Gasteiger partial charge in [-0.1, -0.05) is 0 Å². The second-order valence-corrected chi connectivity index (χ2v) is 7.52. The summed E-state index contributed by atoms with van der Waals surface area (Å²) in [6.45, 7) is 5.29. The van der Waals surface area contributed by atoms with Crippen molar-refractivity contribution in [2.24, 2.45) is 0 Å². The molecule has 0 aliphatic carbocycles. The molecular weight excluding hydrogens is 347 g/mol. The molecule has 0 fully saturated rings. The molecule has 1 aromatic carbocycles. The van der Waals surface area contributed by atoms with Crippen LogP contribution in [0.4, 0.5) is 4.39 Å². The highest BCUT2D eigenvalue weighted by molar-refractivity contribution is 9.10. The molecule has 7 heteroatoms. The Morgan fingerprint density at radius 1 is 1.40 bits per heavy atom. The minimum atomic E-state index is -3.65. The van der Waals surface area contributed by atoms with Gasteiger partial charge in [-0.3, -0.25) is 0 Å². The van der Waals surface area contributed by atoms with Crippen LogP contribution in [0.1, 0.15) is 20.3 Å². The number of nitrogens with zero attached hydrogens (tertiary/aromatic N) is 1. The number of nitrogens with one attached hydrogen (secondary N) is 1. The Labute approximate surface area is 128 Å². The van der Waals surface area contributed by atoms with E-state index in [9.17, 15) is 12.8 Å². The number of hydrogen-bond donors (Lipinski definition) is 1. The highest BCUT2D eigenvalue weighted by Gasteiger charge is 2.15. The van der Waals surface area contributed by atoms with Crippen molar-refractivity contribution in [1.82, 2.24) is 9.62 Å². The van der Waals surface area contributed by atoms with Gasteiger partial charge in [-0.15, -0.1) is 0 Å². The van der Waals surface area contributed by atoms with Gasteiger partial charge < -0.3 is 4.90 Å². The molecule has 0 aliphatic heterocycles. The SMILES string of the molecule is CC(C)N(C)CCCNS(=O)(=O)c1ccc(Br)c(F)c1. The van der Waals surface area contributed by atoms with Crippen molar-refractivity contribution in [3.63, 3.8) is 0 Å². The predicted octanol–water partition coefficient (Wildman–Crippen LogP) is 2.60. The van der Waals surface area contributed by atoms with E-state index in [1.54, 1.807) is 0 Å². The lowest BCUT2D eigenvalue weighted by Crippen LogP contribution is -2.31. The van der Waals surface area contributed by atoms with Crippen molar-refractivity contribution in [2.75, 3.05) is 20.1 Å². The van der Waals surface area contributed by atoms with Crippen LogP contribution >= 0.6 is 15.9 Å². The summed E-state index contributed by atoms with van der Waals surface area (Å²) in [5.41, 5.74) is 0. The number of sulfonamides is 1. The zero-order valence-electron chi connectivity index (χ0n) is 11.9. The fourth-order valence-electron chi connectivity index (χ4n) is 1.52. The Morgan fingerprint density at radius 3 is 2.60 bits per heavy atom. The highest BCUT2D eigenvalue weighted by Crippen LogP contribution is 2.19. The summed E-state index contributed by atoms with van der Waals surface area (Å²) in [6, 6.07) is 4.19. The minimum absolute atomic E-state index is 0.0598. The summed E-state index contributed by atoms with van der Waals surface area (Å²) in [4.78, 5) is 2.07. The van der Waals surface area contributed by atoms with Gasteiger partial charge in [0, 0.05) is 12.6 Å². The maximum absolute atomic E-state index is 13.3. The smallest absolute Gasteiger partial charge is 0.240 e. The molecule has 114 valence electrons. The lowest BCUT2D eigenvalue weighted by atomic mass is 10.3. The van der Waals surface area contributed by atoms with Crippen LogP contribution in [-0.4, -0.2) is 39.5 Å². The molecule has 20 heavy (non-hydrogen) atoms. The average Bonchev–Trinajstić information content (AvgIpc) is 2.37. The Balaban J connectivity index is 2.56. The molecule has 0 spiro atoms. The topological polar surface area (TPSA) is 49.4 Å². The fourth-order valence-corrected chi connectivity index (χ4v) is 2.85. The van der Waals surface area contributed by atoms with E-state index in [0.29, 0.717) is 19.0 Å². The van der Waals surface area contributed by atoms with Crippen LogP contribution in [0.15, 0.2) is 27.6 Å². The third-order valence-electron chi connectivity index (χ3n) is 3.06. The van der Waals surface area contributed by atoms with E-state index in [1.807, 2.05) is 7.05 Å².